The third-order valence-electron chi connectivity index (χ3n) is 3.13. The second kappa shape index (κ2) is 4.63. The van der Waals surface area contributed by atoms with Crippen LogP contribution in [0.3, 0.4) is 0 Å². The lowest BCUT2D eigenvalue weighted by Crippen LogP contribution is -2.44. The van der Waals surface area contributed by atoms with E-state index >= 15 is 0 Å². The molecule has 0 aromatic heterocycles. The van der Waals surface area contributed by atoms with Crippen molar-refractivity contribution in [3.8, 4) is 0 Å². The van der Waals surface area contributed by atoms with E-state index in [0.717, 1.165) is 32.5 Å². The lowest BCUT2D eigenvalue weighted by Gasteiger charge is -2.38. The van der Waals surface area contributed by atoms with Crippen molar-refractivity contribution in [2.45, 2.75) is 46.6 Å². The third kappa shape index (κ3) is 3.58. The van der Waals surface area contributed by atoms with E-state index in [1.54, 1.807) is 0 Å². The maximum Gasteiger partial charge on any atom is 0.0695 e. The minimum atomic E-state index is -0.108. The van der Waals surface area contributed by atoms with Gasteiger partial charge in [0.2, 0.25) is 0 Å². The van der Waals surface area contributed by atoms with Gasteiger partial charge in [0.25, 0.3) is 0 Å². The number of rotatable bonds is 2. The second-order valence-corrected chi connectivity index (χ2v) is 5.77. The molecule has 0 spiro atoms. The quantitative estimate of drug-likeness (QED) is 0.736. The van der Waals surface area contributed by atoms with E-state index in [9.17, 15) is 5.11 Å². The summed E-state index contributed by atoms with van der Waals surface area (Å²) in [5, 5.41) is 9.99. The smallest absolute Gasteiger partial charge is 0.0695 e. The van der Waals surface area contributed by atoms with E-state index < -0.39 is 0 Å². The largest absolute Gasteiger partial charge is 0.392 e. The Balaban J connectivity index is 2.42. The molecule has 2 heteroatoms. The topological polar surface area (TPSA) is 23.5 Å². The number of aliphatic hydroxyl groups excluding tert-OH is 1. The van der Waals surface area contributed by atoms with Gasteiger partial charge in [0.1, 0.15) is 0 Å². The van der Waals surface area contributed by atoms with Gasteiger partial charge in [0, 0.05) is 6.54 Å². The molecule has 1 heterocycles. The predicted octanol–water partition coefficient (Wildman–Crippen LogP) is 2.13. The van der Waals surface area contributed by atoms with Gasteiger partial charge >= 0.3 is 0 Å². The van der Waals surface area contributed by atoms with E-state index in [-0.39, 0.29) is 6.10 Å². The van der Waals surface area contributed by atoms with Gasteiger partial charge in [-0.15, -0.1) is 0 Å². The zero-order chi connectivity index (χ0) is 10.8. The molecule has 0 aromatic carbocycles. The molecule has 1 fully saturated rings. The van der Waals surface area contributed by atoms with Crippen molar-refractivity contribution in [3.05, 3.63) is 0 Å². The van der Waals surface area contributed by atoms with E-state index in [1.165, 1.54) is 0 Å². The summed E-state index contributed by atoms with van der Waals surface area (Å²) in [6.45, 7) is 12.0. The number of nitrogens with zero attached hydrogens (tertiary/aromatic N) is 1. The maximum atomic E-state index is 9.99. The Morgan fingerprint density at radius 3 is 2.43 bits per heavy atom. The van der Waals surface area contributed by atoms with E-state index in [1.807, 2.05) is 0 Å². The Morgan fingerprint density at radius 2 is 2.00 bits per heavy atom. The molecule has 2 nitrogen and oxygen atoms in total. The van der Waals surface area contributed by atoms with Gasteiger partial charge in [-0.25, -0.2) is 0 Å². The number of hydrogen-bond acceptors (Lipinski definition) is 2. The Bertz CT molecular complexity index is 174. The molecule has 0 aromatic rings. The highest BCUT2D eigenvalue weighted by atomic mass is 16.3. The van der Waals surface area contributed by atoms with E-state index in [0.29, 0.717) is 11.3 Å². The molecule has 0 saturated carbocycles. The number of likely N-dealkylation sites (N-methyl/N-ethyl adjacent to an activating group) is 1. The fourth-order valence-corrected chi connectivity index (χ4v) is 2.36. The number of β-amino-alcohol motifs (C(OH)–C–C–N with tert-alkyl or cyclic N) is 1. The Morgan fingerprint density at radius 1 is 1.36 bits per heavy atom. The summed E-state index contributed by atoms with van der Waals surface area (Å²) in [6.07, 6.45) is 2.20. The van der Waals surface area contributed by atoms with Gasteiger partial charge in [-0.3, -0.25) is 0 Å². The molecule has 1 unspecified atom stereocenters. The van der Waals surface area contributed by atoms with Gasteiger partial charge in [0.15, 0.2) is 0 Å². The summed E-state index contributed by atoms with van der Waals surface area (Å²) < 4.78 is 0. The fourth-order valence-electron chi connectivity index (χ4n) is 2.36. The van der Waals surface area contributed by atoms with Crippen LogP contribution < -0.4 is 0 Å². The molecule has 1 aliphatic rings. The molecule has 2 atom stereocenters. The summed E-state index contributed by atoms with van der Waals surface area (Å²) in [6, 6.07) is 0. The van der Waals surface area contributed by atoms with Crippen molar-refractivity contribution >= 4 is 0 Å². The average Bonchev–Trinajstić information content (AvgIpc) is 2.06. The second-order valence-electron chi connectivity index (χ2n) is 5.77. The Hall–Kier alpha value is -0.0800. The summed E-state index contributed by atoms with van der Waals surface area (Å²) in [7, 11) is 0. The first-order valence-corrected chi connectivity index (χ1v) is 5.83. The number of piperidine rings is 1. The van der Waals surface area contributed by atoms with Crippen LogP contribution in [0, 0.1) is 11.3 Å². The molecular weight excluding hydrogens is 174 g/mol. The molecular formula is C12H25NO. The van der Waals surface area contributed by atoms with Crippen molar-refractivity contribution < 1.29 is 5.11 Å². The Kier molecular flexibility index (Phi) is 3.96. The first-order valence-electron chi connectivity index (χ1n) is 5.83. The highest BCUT2D eigenvalue weighted by Crippen LogP contribution is 2.30. The van der Waals surface area contributed by atoms with Gasteiger partial charge in [-0.1, -0.05) is 27.7 Å². The molecule has 14 heavy (non-hydrogen) atoms. The van der Waals surface area contributed by atoms with Crippen LogP contribution in [0.4, 0.5) is 0 Å². The van der Waals surface area contributed by atoms with Crippen LogP contribution in [0.15, 0.2) is 0 Å². The monoisotopic (exact) mass is 199 g/mol. The molecule has 0 amide bonds. The summed E-state index contributed by atoms with van der Waals surface area (Å²) in [5.74, 6) is 0.512. The van der Waals surface area contributed by atoms with Gasteiger partial charge in [-0.05, 0) is 37.3 Å². The zero-order valence-corrected chi connectivity index (χ0v) is 10.1. The molecule has 0 aliphatic carbocycles. The fraction of sp³-hybridized carbons (Fsp3) is 1.00. The standard InChI is InChI=1S/C12H25NO/c1-5-13-7-6-10(11(14)9-13)8-12(2,3)4/h10-11,14H,5-9H2,1-4H3/t10?,11-/m0/s1. The highest BCUT2D eigenvalue weighted by Gasteiger charge is 2.29. The van der Waals surface area contributed by atoms with Crippen molar-refractivity contribution in [2.24, 2.45) is 11.3 Å². The van der Waals surface area contributed by atoms with E-state index in [4.69, 9.17) is 0 Å². The van der Waals surface area contributed by atoms with Crippen molar-refractivity contribution in [3.63, 3.8) is 0 Å². The van der Waals surface area contributed by atoms with Crippen molar-refractivity contribution in [2.75, 3.05) is 19.6 Å². The molecule has 1 saturated heterocycles. The van der Waals surface area contributed by atoms with Crippen LogP contribution in [0.2, 0.25) is 0 Å². The molecule has 0 bridgehead atoms. The lowest BCUT2D eigenvalue weighted by atomic mass is 9.79. The van der Waals surface area contributed by atoms with Crippen LogP contribution in [0.25, 0.3) is 0 Å². The number of hydrogen-bond donors (Lipinski definition) is 1. The minimum Gasteiger partial charge on any atom is -0.392 e. The highest BCUT2D eigenvalue weighted by molar-refractivity contribution is 4.82. The van der Waals surface area contributed by atoms with E-state index in [2.05, 4.69) is 32.6 Å². The molecule has 1 aliphatic heterocycles. The van der Waals surface area contributed by atoms with Gasteiger partial charge < -0.3 is 10.0 Å². The number of likely N-dealkylation sites (tertiary alicyclic amines) is 1. The molecule has 0 radical (unpaired) electrons. The van der Waals surface area contributed by atoms with Crippen LogP contribution >= 0.6 is 0 Å². The first-order chi connectivity index (χ1) is 6.42. The predicted molar refractivity (Wildman–Crippen MR) is 60.3 cm³/mol. The van der Waals surface area contributed by atoms with Gasteiger partial charge in [0.05, 0.1) is 6.10 Å². The third-order valence-corrected chi connectivity index (χ3v) is 3.13. The maximum absolute atomic E-state index is 9.99. The average molecular weight is 199 g/mol. The first kappa shape index (κ1) is 12.0. The van der Waals surface area contributed by atoms with Crippen LogP contribution in [0.5, 0.6) is 0 Å². The summed E-state index contributed by atoms with van der Waals surface area (Å²) in [4.78, 5) is 2.34. The molecule has 84 valence electrons. The van der Waals surface area contributed by atoms with Crippen LogP contribution in [-0.2, 0) is 0 Å². The van der Waals surface area contributed by atoms with Gasteiger partial charge in [-0.2, -0.15) is 0 Å². The molecule has 1 rings (SSSR count). The zero-order valence-electron chi connectivity index (χ0n) is 10.1. The Labute approximate surface area is 88.3 Å². The van der Waals surface area contributed by atoms with Crippen molar-refractivity contribution in [1.82, 2.24) is 4.90 Å². The summed E-state index contributed by atoms with van der Waals surface area (Å²) in [5.41, 5.74) is 0.347. The van der Waals surface area contributed by atoms with Crippen molar-refractivity contribution in [1.29, 1.82) is 0 Å². The molecule has 1 N–H and O–H groups in total. The summed E-state index contributed by atoms with van der Waals surface area (Å²) >= 11 is 0. The van der Waals surface area contributed by atoms with Crippen LogP contribution in [0.1, 0.15) is 40.5 Å². The van der Waals surface area contributed by atoms with Crippen LogP contribution in [-0.4, -0.2) is 35.7 Å². The number of aliphatic hydroxyl groups is 1. The SMILES string of the molecule is CCN1CCC(CC(C)(C)C)[C@@H](O)C1. The normalized spacial score (nSPS) is 30.6. The minimum absolute atomic E-state index is 0.108. The lowest BCUT2D eigenvalue weighted by molar-refractivity contribution is 0.00754.